The van der Waals surface area contributed by atoms with Crippen molar-refractivity contribution >= 4 is 22.8 Å². The number of halogens is 5. The van der Waals surface area contributed by atoms with E-state index < -0.39 is 46.7 Å². The van der Waals surface area contributed by atoms with Gasteiger partial charge in [0.05, 0.1) is 18.2 Å². The largest absolute Gasteiger partial charge is 0.497 e. The smallest absolute Gasteiger partial charge is 0.434 e. The number of carbonyl (C=O) groups is 2. The van der Waals surface area contributed by atoms with E-state index in [-0.39, 0.29) is 61.4 Å². The number of amides is 1. The predicted octanol–water partition coefficient (Wildman–Crippen LogP) is 6.89. The molecule has 0 radical (unpaired) electrons. The number of carboxylic acid groups (broad SMARTS) is 1. The summed E-state index contributed by atoms with van der Waals surface area (Å²) >= 11 is 0. The predicted molar refractivity (Wildman–Crippen MR) is 149 cm³/mol. The Bertz CT molecular complexity index is 1610. The lowest BCUT2D eigenvalue weighted by Crippen LogP contribution is -2.57. The lowest BCUT2D eigenvalue weighted by molar-refractivity contribution is -0.146. The van der Waals surface area contributed by atoms with Gasteiger partial charge in [0.2, 0.25) is 5.92 Å². The zero-order valence-corrected chi connectivity index (χ0v) is 24.3. The fourth-order valence-electron chi connectivity index (χ4n) is 7.71. The highest BCUT2D eigenvalue weighted by Crippen LogP contribution is 2.51. The van der Waals surface area contributed by atoms with Gasteiger partial charge in [0.15, 0.2) is 11.5 Å². The van der Waals surface area contributed by atoms with Gasteiger partial charge in [-0.05, 0) is 68.4 Å². The Hall–Kier alpha value is -3.77. The number of rotatable bonds is 6. The van der Waals surface area contributed by atoms with Crippen molar-refractivity contribution in [1.82, 2.24) is 19.9 Å². The molecule has 4 atom stereocenters. The van der Waals surface area contributed by atoms with Crippen LogP contribution in [0.5, 0.6) is 5.75 Å². The summed E-state index contributed by atoms with van der Waals surface area (Å²) in [6.45, 7) is 2.00. The van der Waals surface area contributed by atoms with E-state index in [1.807, 2.05) is 6.92 Å². The van der Waals surface area contributed by atoms with Crippen LogP contribution >= 0.6 is 0 Å². The van der Waals surface area contributed by atoms with Crippen LogP contribution in [-0.4, -0.2) is 50.1 Å². The maximum atomic E-state index is 14.4. The van der Waals surface area contributed by atoms with Crippen LogP contribution in [0.25, 0.3) is 22.3 Å². The molecular weight excluding hydrogens is 587 g/mol. The van der Waals surface area contributed by atoms with Gasteiger partial charge in [-0.1, -0.05) is 6.92 Å². The summed E-state index contributed by atoms with van der Waals surface area (Å²) in [5.41, 5.74) is -3.22. The fourth-order valence-corrected chi connectivity index (χ4v) is 7.71. The second-order valence-electron chi connectivity index (χ2n) is 12.7. The minimum atomic E-state index is -5.06. The molecule has 4 unspecified atom stereocenters. The van der Waals surface area contributed by atoms with E-state index in [4.69, 9.17) is 4.74 Å². The van der Waals surface area contributed by atoms with Gasteiger partial charge in [0, 0.05) is 48.3 Å². The number of aliphatic carboxylic acids is 1. The minimum absolute atomic E-state index is 0.0622. The number of hydrogen-bond donors (Lipinski definition) is 2. The molecule has 0 spiro atoms. The van der Waals surface area contributed by atoms with Crippen LogP contribution in [0.1, 0.15) is 80.4 Å². The Morgan fingerprint density at radius 3 is 2.52 bits per heavy atom. The van der Waals surface area contributed by atoms with Crippen molar-refractivity contribution in [3.63, 3.8) is 0 Å². The van der Waals surface area contributed by atoms with Crippen molar-refractivity contribution in [1.29, 1.82) is 0 Å². The third-order valence-electron chi connectivity index (χ3n) is 9.73. The number of carboxylic acids is 1. The van der Waals surface area contributed by atoms with E-state index in [1.165, 1.54) is 7.11 Å². The number of methoxy groups -OCH3 is 1. The topological polar surface area (TPSA) is 106 Å². The first-order valence-electron chi connectivity index (χ1n) is 14.8. The van der Waals surface area contributed by atoms with E-state index in [0.717, 1.165) is 12.6 Å². The van der Waals surface area contributed by atoms with Gasteiger partial charge in [0.1, 0.15) is 11.3 Å². The number of fused-ring (bicyclic) bond motifs is 3. The molecule has 3 saturated carbocycles. The van der Waals surface area contributed by atoms with Crippen LogP contribution in [0.4, 0.5) is 22.0 Å². The van der Waals surface area contributed by atoms with E-state index in [1.54, 1.807) is 29.0 Å². The molecule has 2 N–H and O–H groups in total. The quantitative estimate of drug-likeness (QED) is 0.291. The zero-order valence-electron chi connectivity index (χ0n) is 24.3. The van der Waals surface area contributed by atoms with Crippen molar-refractivity contribution in [3.8, 4) is 17.1 Å². The zero-order chi connectivity index (χ0) is 31.6. The van der Waals surface area contributed by atoms with Crippen LogP contribution < -0.4 is 10.1 Å². The number of alkyl halides is 5. The van der Waals surface area contributed by atoms with Crippen LogP contribution in [0.15, 0.2) is 30.6 Å². The molecule has 6 rings (SSSR count). The Labute approximate surface area is 250 Å². The number of aromatic nitrogens is 3. The van der Waals surface area contributed by atoms with Gasteiger partial charge >= 0.3 is 12.1 Å². The SMILES string of the molecule is COc1ccc2c(-c3ncc(C(=O)NC4(C(=O)O)CC5CC(C)CC4C5)c(C(F)(F)F)n3)cn(C3CCC(F)(F)CC3)c2c1. The molecule has 3 aromatic rings. The van der Waals surface area contributed by atoms with Gasteiger partial charge in [-0.15, -0.1) is 0 Å². The first kappa shape index (κ1) is 30.3. The molecule has 1 aromatic carbocycles. The van der Waals surface area contributed by atoms with Crippen LogP contribution in [0.2, 0.25) is 0 Å². The number of hydrogen-bond acceptors (Lipinski definition) is 5. The molecule has 44 heavy (non-hydrogen) atoms. The van der Waals surface area contributed by atoms with Crippen molar-refractivity contribution in [2.75, 3.05) is 7.11 Å². The average Bonchev–Trinajstić information content (AvgIpc) is 3.46. The molecule has 3 fully saturated rings. The van der Waals surface area contributed by atoms with Gasteiger partial charge in [0.25, 0.3) is 5.91 Å². The van der Waals surface area contributed by atoms with Crippen LogP contribution in [-0.2, 0) is 11.0 Å². The highest BCUT2D eigenvalue weighted by molar-refractivity contribution is 6.00. The van der Waals surface area contributed by atoms with Crippen molar-refractivity contribution < 1.29 is 41.4 Å². The Morgan fingerprint density at radius 1 is 1.14 bits per heavy atom. The maximum absolute atomic E-state index is 14.4. The van der Waals surface area contributed by atoms with Gasteiger partial charge in [-0.25, -0.2) is 23.5 Å². The van der Waals surface area contributed by atoms with Crippen molar-refractivity contribution in [2.45, 2.75) is 82.0 Å². The van der Waals surface area contributed by atoms with Crippen LogP contribution in [0, 0.1) is 17.8 Å². The molecule has 236 valence electrons. The molecule has 2 bridgehead atoms. The Kier molecular flexibility index (Phi) is 7.35. The molecule has 0 aliphatic heterocycles. The average molecular weight is 621 g/mol. The second kappa shape index (κ2) is 10.7. The van der Waals surface area contributed by atoms with E-state index in [9.17, 15) is 36.6 Å². The summed E-state index contributed by atoms with van der Waals surface area (Å²) in [5, 5.41) is 13.1. The van der Waals surface area contributed by atoms with Crippen molar-refractivity contribution in [2.24, 2.45) is 17.8 Å². The summed E-state index contributed by atoms with van der Waals surface area (Å²) in [4.78, 5) is 33.9. The van der Waals surface area contributed by atoms with Gasteiger partial charge in [-0.2, -0.15) is 13.2 Å². The lowest BCUT2D eigenvalue weighted by atomic mass is 9.78. The standard InChI is InChI=1S/C31H33F5N4O4/c1-16-9-17-11-18(10-16)30(13-17,28(42)43)39-27(41)22-14-37-26(38-25(22)31(34,35)36)23-15-40(19-5-7-29(32,33)8-6-19)24-12-20(44-2)3-4-21(23)24/h3-4,12,14-19H,5-11,13H2,1-2H3,(H,39,41)(H,42,43). The second-order valence-corrected chi connectivity index (χ2v) is 12.7. The van der Waals surface area contributed by atoms with Crippen molar-refractivity contribution in [3.05, 3.63) is 41.9 Å². The summed E-state index contributed by atoms with van der Waals surface area (Å²) < 4.78 is 78.2. The number of nitrogens with one attached hydrogen (secondary N) is 1. The normalized spacial score (nSPS) is 26.9. The number of nitrogens with zero attached hydrogens (tertiary/aromatic N) is 3. The Morgan fingerprint density at radius 2 is 1.86 bits per heavy atom. The molecule has 2 aromatic heterocycles. The molecule has 2 heterocycles. The lowest BCUT2D eigenvalue weighted by Gasteiger charge is -2.33. The molecular formula is C31H33F5N4O4. The summed E-state index contributed by atoms with van der Waals surface area (Å²) in [5.74, 6) is -5.13. The van der Waals surface area contributed by atoms with E-state index >= 15 is 0 Å². The first-order chi connectivity index (χ1) is 20.7. The molecule has 3 aliphatic rings. The third-order valence-corrected chi connectivity index (χ3v) is 9.73. The first-order valence-corrected chi connectivity index (χ1v) is 14.8. The van der Waals surface area contributed by atoms with E-state index in [0.29, 0.717) is 29.5 Å². The molecule has 8 nitrogen and oxygen atoms in total. The number of carbonyl (C=O) groups excluding carboxylic acids is 1. The highest BCUT2D eigenvalue weighted by atomic mass is 19.4. The van der Waals surface area contributed by atoms with Gasteiger partial charge in [-0.3, -0.25) is 4.79 Å². The third kappa shape index (κ3) is 5.27. The Balaban J connectivity index is 1.39. The highest BCUT2D eigenvalue weighted by Gasteiger charge is 2.56. The monoisotopic (exact) mass is 620 g/mol. The molecule has 0 saturated heterocycles. The number of ether oxygens (including phenoxy) is 1. The molecule has 3 aliphatic carbocycles. The summed E-state index contributed by atoms with van der Waals surface area (Å²) in [7, 11) is 1.46. The summed E-state index contributed by atoms with van der Waals surface area (Å²) in [6.07, 6.45) is -0.890. The molecule has 1 amide bonds. The minimum Gasteiger partial charge on any atom is -0.497 e. The number of benzene rings is 1. The fraction of sp³-hybridized carbons (Fsp3) is 0.548. The van der Waals surface area contributed by atoms with Gasteiger partial charge < -0.3 is 19.7 Å². The molecule has 13 heteroatoms. The summed E-state index contributed by atoms with van der Waals surface area (Å²) in [6, 6.07) is 4.62. The van der Waals surface area contributed by atoms with E-state index in [2.05, 4.69) is 15.3 Å². The maximum Gasteiger partial charge on any atom is 0.434 e. The van der Waals surface area contributed by atoms with Crippen LogP contribution in [0.3, 0.4) is 0 Å².